The molecule has 2 nitrogen and oxygen atoms in total. The third kappa shape index (κ3) is 2.85. The van der Waals surface area contributed by atoms with E-state index in [2.05, 4.69) is 39.8 Å². The van der Waals surface area contributed by atoms with Crippen LogP contribution in [0.15, 0.2) is 12.1 Å². The summed E-state index contributed by atoms with van der Waals surface area (Å²) in [5.74, 6) is 2.18. The number of nitrogens with two attached hydrogens (primary N) is 1. The monoisotopic (exact) mass is 275 g/mol. The van der Waals surface area contributed by atoms with Gasteiger partial charge in [0.1, 0.15) is 5.75 Å². The van der Waals surface area contributed by atoms with E-state index in [9.17, 15) is 0 Å². The Bertz CT molecular complexity index is 479. The predicted octanol–water partition coefficient (Wildman–Crippen LogP) is 4.18. The van der Waals surface area contributed by atoms with Crippen LogP contribution in [0.5, 0.6) is 5.75 Å². The molecule has 0 spiro atoms. The van der Waals surface area contributed by atoms with Gasteiger partial charge in [-0.25, -0.2) is 0 Å². The summed E-state index contributed by atoms with van der Waals surface area (Å²) in [6, 6.07) is 4.48. The number of aryl methyl sites for hydroxylation is 1. The van der Waals surface area contributed by atoms with Crippen molar-refractivity contribution >= 4 is 0 Å². The fourth-order valence-electron chi connectivity index (χ4n) is 3.66. The van der Waals surface area contributed by atoms with Crippen LogP contribution >= 0.6 is 0 Å². The minimum atomic E-state index is 0.403. The van der Waals surface area contributed by atoms with Crippen molar-refractivity contribution in [1.29, 1.82) is 0 Å². The fourth-order valence-corrected chi connectivity index (χ4v) is 3.66. The average molecular weight is 275 g/mol. The number of rotatable bonds is 3. The topological polar surface area (TPSA) is 35.2 Å². The van der Waals surface area contributed by atoms with Gasteiger partial charge in [0, 0.05) is 0 Å². The largest absolute Gasteiger partial charge is 0.496 e. The molecule has 0 heterocycles. The van der Waals surface area contributed by atoms with E-state index in [0.717, 1.165) is 12.3 Å². The number of benzene rings is 1. The fraction of sp³-hybridized carbons (Fsp3) is 0.667. The quantitative estimate of drug-likeness (QED) is 0.898. The maximum atomic E-state index is 6.04. The lowest BCUT2D eigenvalue weighted by Gasteiger charge is -2.41. The smallest absolute Gasteiger partial charge is 0.125 e. The van der Waals surface area contributed by atoms with Gasteiger partial charge in [-0.15, -0.1) is 0 Å². The molecule has 2 heteroatoms. The summed E-state index contributed by atoms with van der Waals surface area (Å²) in [7, 11) is 1.79. The van der Waals surface area contributed by atoms with Gasteiger partial charge in [-0.3, -0.25) is 0 Å². The van der Waals surface area contributed by atoms with Crippen LogP contribution in [0.25, 0.3) is 0 Å². The molecule has 0 aromatic heterocycles. The molecule has 1 aromatic rings. The lowest BCUT2D eigenvalue weighted by Crippen LogP contribution is -2.33. The number of methoxy groups -OCH3 is 1. The van der Waals surface area contributed by atoms with Crippen LogP contribution in [0.2, 0.25) is 0 Å². The van der Waals surface area contributed by atoms with Gasteiger partial charge in [0.2, 0.25) is 0 Å². The van der Waals surface area contributed by atoms with Gasteiger partial charge in [0.05, 0.1) is 7.11 Å². The van der Waals surface area contributed by atoms with E-state index in [1.165, 1.54) is 36.0 Å². The Kier molecular flexibility index (Phi) is 4.43. The number of ether oxygens (including phenoxy) is 1. The van der Waals surface area contributed by atoms with E-state index in [1.807, 2.05) is 0 Å². The Labute approximate surface area is 123 Å². The highest BCUT2D eigenvalue weighted by molar-refractivity contribution is 5.47. The van der Waals surface area contributed by atoms with Gasteiger partial charge < -0.3 is 10.5 Å². The molecule has 0 radical (unpaired) electrons. The van der Waals surface area contributed by atoms with E-state index in [0.29, 0.717) is 17.3 Å². The zero-order chi connectivity index (χ0) is 14.9. The molecule has 1 fully saturated rings. The highest BCUT2D eigenvalue weighted by atomic mass is 16.5. The summed E-state index contributed by atoms with van der Waals surface area (Å²) < 4.78 is 5.73. The summed E-state index contributed by atoms with van der Waals surface area (Å²) in [6.45, 7) is 9.83. The average Bonchev–Trinajstić information content (AvgIpc) is 2.40. The molecule has 20 heavy (non-hydrogen) atoms. The van der Waals surface area contributed by atoms with Crippen LogP contribution in [0, 0.1) is 25.2 Å². The van der Waals surface area contributed by atoms with Gasteiger partial charge in [0.25, 0.3) is 0 Å². The van der Waals surface area contributed by atoms with Crippen molar-refractivity contribution < 1.29 is 4.74 Å². The molecule has 2 N–H and O–H groups in total. The summed E-state index contributed by atoms with van der Waals surface area (Å²) in [5, 5.41) is 0. The summed E-state index contributed by atoms with van der Waals surface area (Å²) in [5.41, 5.74) is 10.4. The van der Waals surface area contributed by atoms with Crippen molar-refractivity contribution in [2.75, 3.05) is 13.7 Å². The molecular formula is C18H29NO. The van der Waals surface area contributed by atoms with E-state index in [4.69, 9.17) is 10.5 Å². The Hall–Kier alpha value is -1.02. The lowest BCUT2D eigenvalue weighted by molar-refractivity contribution is 0.163. The lowest BCUT2D eigenvalue weighted by atomic mass is 9.65. The SMILES string of the molecule is COc1c(C2CC(C)(C)CCC2CN)ccc(C)c1C. The van der Waals surface area contributed by atoms with E-state index < -0.39 is 0 Å². The van der Waals surface area contributed by atoms with Crippen molar-refractivity contribution in [2.24, 2.45) is 17.1 Å². The standard InChI is InChI=1S/C18H29NO/c1-12-6-7-15(17(20-5)13(12)2)16-10-18(3,4)9-8-14(16)11-19/h6-7,14,16H,8-11,19H2,1-5H3. The van der Waals surface area contributed by atoms with Gasteiger partial charge in [-0.1, -0.05) is 26.0 Å². The van der Waals surface area contributed by atoms with Crippen LogP contribution < -0.4 is 10.5 Å². The summed E-state index contributed by atoms with van der Waals surface area (Å²) in [6.07, 6.45) is 3.70. The van der Waals surface area contributed by atoms with Crippen LogP contribution in [0.1, 0.15) is 55.7 Å². The van der Waals surface area contributed by atoms with Crippen LogP contribution in [-0.4, -0.2) is 13.7 Å². The Balaban J connectivity index is 2.44. The molecule has 112 valence electrons. The molecule has 1 saturated carbocycles. The summed E-state index contributed by atoms with van der Waals surface area (Å²) >= 11 is 0. The first kappa shape index (κ1) is 15.4. The van der Waals surface area contributed by atoms with Gasteiger partial charge in [-0.2, -0.15) is 0 Å². The molecule has 0 bridgehead atoms. The second kappa shape index (κ2) is 5.77. The molecule has 2 rings (SSSR count). The van der Waals surface area contributed by atoms with Crippen molar-refractivity contribution in [3.05, 3.63) is 28.8 Å². The van der Waals surface area contributed by atoms with Crippen molar-refractivity contribution in [3.8, 4) is 5.75 Å². The molecule has 0 saturated heterocycles. The number of hydrogen-bond donors (Lipinski definition) is 1. The molecule has 1 aliphatic carbocycles. The first-order chi connectivity index (χ1) is 9.39. The molecule has 2 atom stereocenters. The van der Waals surface area contributed by atoms with E-state index >= 15 is 0 Å². The first-order valence-electron chi connectivity index (χ1n) is 7.74. The first-order valence-corrected chi connectivity index (χ1v) is 7.74. The zero-order valence-corrected chi connectivity index (χ0v) is 13.6. The molecule has 1 aromatic carbocycles. The highest BCUT2D eigenvalue weighted by Gasteiger charge is 2.36. The van der Waals surface area contributed by atoms with Crippen molar-refractivity contribution in [1.82, 2.24) is 0 Å². The highest BCUT2D eigenvalue weighted by Crippen LogP contribution is 2.49. The van der Waals surface area contributed by atoms with Gasteiger partial charge >= 0.3 is 0 Å². The third-order valence-corrected chi connectivity index (χ3v) is 5.15. The summed E-state index contributed by atoms with van der Waals surface area (Å²) in [4.78, 5) is 0. The van der Waals surface area contributed by atoms with Crippen LogP contribution in [-0.2, 0) is 0 Å². The molecule has 0 aliphatic heterocycles. The van der Waals surface area contributed by atoms with Crippen molar-refractivity contribution in [2.45, 2.75) is 52.9 Å². The maximum Gasteiger partial charge on any atom is 0.125 e. The molecular weight excluding hydrogens is 246 g/mol. The number of hydrogen-bond acceptors (Lipinski definition) is 2. The zero-order valence-electron chi connectivity index (χ0n) is 13.6. The van der Waals surface area contributed by atoms with Gasteiger partial charge in [0.15, 0.2) is 0 Å². The van der Waals surface area contributed by atoms with Crippen molar-refractivity contribution in [3.63, 3.8) is 0 Å². The second-order valence-electron chi connectivity index (χ2n) is 7.14. The third-order valence-electron chi connectivity index (χ3n) is 5.15. The van der Waals surface area contributed by atoms with Crippen LogP contribution in [0.3, 0.4) is 0 Å². The van der Waals surface area contributed by atoms with Gasteiger partial charge in [-0.05, 0) is 73.6 Å². The predicted molar refractivity (Wildman–Crippen MR) is 85.4 cm³/mol. The van der Waals surface area contributed by atoms with E-state index in [-0.39, 0.29) is 0 Å². The normalized spacial score (nSPS) is 25.5. The molecule has 2 unspecified atom stereocenters. The van der Waals surface area contributed by atoms with Crippen LogP contribution in [0.4, 0.5) is 0 Å². The minimum Gasteiger partial charge on any atom is -0.496 e. The molecule has 0 amide bonds. The Morgan fingerprint density at radius 3 is 2.60 bits per heavy atom. The Morgan fingerprint density at radius 1 is 1.30 bits per heavy atom. The molecule has 1 aliphatic rings. The maximum absolute atomic E-state index is 6.04. The minimum absolute atomic E-state index is 0.403. The second-order valence-corrected chi connectivity index (χ2v) is 7.14. The Morgan fingerprint density at radius 2 is 2.00 bits per heavy atom. The van der Waals surface area contributed by atoms with E-state index in [1.54, 1.807) is 7.11 Å².